The van der Waals surface area contributed by atoms with Crippen molar-refractivity contribution in [1.82, 2.24) is 4.98 Å². The Labute approximate surface area is 164 Å². The molecule has 0 fully saturated rings. The number of nitrogens with one attached hydrogen (secondary N) is 1. The molecule has 3 rings (SSSR count). The van der Waals surface area contributed by atoms with Crippen molar-refractivity contribution in [1.29, 1.82) is 0 Å². The van der Waals surface area contributed by atoms with E-state index in [0.717, 1.165) is 32.2 Å². The molecule has 0 aliphatic rings. The van der Waals surface area contributed by atoms with E-state index in [1.165, 1.54) is 49.7 Å². The number of aromatic nitrogens is 1. The molecule has 1 aromatic heterocycles. The van der Waals surface area contributed by atoms with Gasteiger partial charge in [0.2, 0.25) is 0 Å². The first-order valence-corrected chi connectivity index (χ1v) is 10.4. The van der Waals surface area contributed by atoms with Gasteiger partial charge in [-0.15, -0.1) is 0 Å². The van der Waals surface area contributed by atoms with Crippen molar-refractivity contribution in [3.8, 4) is 11.3 Å². The molecule has 132 valence electrons. The third-order valence-electron chi connectivity index (χ3n) is 4.85. The second-order valence-electron chi connectivity index (χ2n) is 6.65. The van der Waals surface area contributed by atoms with Gasteiger partial charge in [0.05, 0.1) is 5.69 Å². The summed E-state index contributed by atoms with van der Waals surface area (Å²) in [6, 6.07) is 15.4. The number of hydrogen-bond donors (Lipinski definition) is 2. The molecule has 3 heteroatoms. The SMILES string of the molecule is CCCCc1cccc2c(CCCCN)c(-c3ccccc3I)[nH]c12. The van der Waals surface area contributed by atoms with E-state index in [1.807, 2.05) is 0 Å². The van der Waals surface area contributed by atoms with Crippen LogP contribution in [0.25, 0.3) is 22.2 Å². The zero-order valence-electron chi connectivity index (χ0n) is 14.9. The van der Waals surface area contributed by atoms with Crippen molar-refractivity contribution in [3.63, 3.8) is 0 Å². The molecule has 2 nitrogen and oxygen atoms in total. The number of aromatic amines is 1. The lowest BCUT2D eigenvalue weighted by molar-refractivity contribution is 0.748. The number of hydrogen-bond acceptors (Lipinski definition) is 1. The molecular weight excluding hydrogens is 419 g/mol. The Balaban J connectivity index is 2.13. The number of para-hydroxylation sites is 1. The molecule has 25 heavy (non-hydrogen) atoms. The van der Waals surface area contributed by atoms with Crippen LogP contribution >= 0.6 is 22.6 Å². The van der Waals surface area contributed by atoms with Crippen LogP contribution in [0.5, 0.6) is 0 Å². The molecule has 0 spiro atoms. The van der Waals surface area contributed by atoms with Gasteiger partial charge in [0, 0.05) is 20.0 Å². The highest BCUT2D eigenvalue weighted by atomic mass is 127. The normalized spacial score (nSPS) is 11.3. The van der Waals surface area contributed by atoms with Crippen LogP contribution in [0.2, 0.25) is 0 Å². The lowest BCUT2D eigenvalue weighted by Crippen LogP contribution is -1.99. The number of nitrogens with two attached hydrogens (primary N) is 1. The van der Waals surface area contributed by atoms with Crippen LogP contribution < -0.4 is 5.73 Å². The van der Waals surface area contributed by atoms with Gasteiger partial charge in [0.15, 0.2) is 0 Å². The minimum Gasteiger partial charge on any atom is -0.354 e. The molecule has 3 N–H and O–H groups in total. The minimum absolute atomic E-state index is 0.766. The molecular formula is C22H27IN2. The predicted molar refractivity (Wildman–Crippen MR) is 117 cm³/mol. The Bertz CT molecular complexity index is 835. The maximum absolute atomic E-state index is 5.72. The Kier molecular flexibility index (Phi) is 6.54. The summed E-state index contributed by atoms with van der Waals surface area (Å²) in [4.78, 5) is 3.79. The maximum atomic E-state index is 5.72. The van der Waals surface area contributed by atoms with Crippen LogP contribution in [-0.2, 0) is 12.8 Å². The molecule has 0 atom stereocenters. The summed E-state index contributed by atoms with van der Waals surface area (Å²) in [7, 11) is 0. The standard InChI is InChI=1S/C22H27IN2/c1-2-3-9-16-10-8-13-17-18(11-6-7-15-24)22(25-21(16)17)19-12-4-5-14-20(19)23/h4-5,8,10,12-14,25H,2-3,6-7,9,11,15,24H2,1H3. The molecule has 0 aliphatic heterocycles. The third-order valence-corrected chi connectivity index (χ3v) is 5.79. The average molecular weight is 446 g/mol. The first kappa shape index (κ1) is 18.5. The zero-order chi connectivity index (χ0) is 17.6. The Morgan fingerprint density at radius 2 is 1.80 bits per heavy atom. The molecule has 0 saturated carbocycles. The lowest BCUT2D eigenvalue weighted by atomic mass is 9.98. The Morgan fingerprint density at radius 3 is 2.56 bits per heavy atom. The molecule has 0 aliphatic carbocycles. The predicted octanol–water partition coefficient (Wildman–Crippen LogP) is 6.06. The van der Waals surface area contributed by atoms with Crippen molar-refractivity contribution < 1.29 is 0 Å². The zero-order valence-corrected chi connectivity index (χ0v) is 17.1. The Hall–Kier alpha value is -1.33. The van der Waals surface area contributed by atoms with E-state index in [2.05, 4.69) is 77.0 Å². The quantitative estimate of drug-likeness (QED) is 0.320. The number of H-pyrrole nitrogens is 1. The molecule has 1 heterocycles. The lowest BCUT2D eigenvalue weighted by Gasteiger charge is -2.07. The summed E-state index contributed by atoms with van der Waals surface area (Å²) in [6.07, 6.45) is 6.89. The highest BCUT2D eigenvalue weighted by molar-refractivity contribution is 14.1. The van der Waals surface area contributed by atoms with Gasteiger partial charge in [-0.1, -0.05) is 49.7 Å². The average Bonchev–Trinajstić information content (AvgIpc) is 3.00. The molecule has 0 bridgehead atoms. The molecule has 2 aromatic carbocycles. The first-order valence-electron chi connectivity index (χ1n) is 9.33. The van der Waals surface area contributed by atoms with Crippen molar-refractivity contribution in [2.75, 3.05) is 6.54 Å². The van der Waals surface area contributed by atoms with Crippen LogP contribution in [0.3, 0.4) is 0 Å². The van der Waals surface area contributed by atoms with Gasteiger partial charge < -0.3 is 10.7 Å². The summed E-state index contributed by atoms with van der Waals surface area (Å²) < 4.78 is 1.29. The highest BCUT2D eigenvalue weighted by Crippen LogP contribution is 2.35. The van der Waals surface area contributed by atoms with E-state index >= 15 is 0 Å². The minimum atomic E-state index is 0.766. The van der Waals surface area contributed by atoms with Gasteiger partial charge >= 0.3 is 0 Å². The smallest absolute Gasteiger partial charge is 0.0508 e. The molecule has 0 radical (unpaired) electrons. The van der Waals surface area contributed by atoms with E-state index < -0.39 is 0 Å². The monoisotopic (exact) mass is 446 g/mol. The van der Waals surface area contributed by atoms with E-state index in [4.69, 9.17) is 5.73 Å². The number of halogens is 1. The van der Waals surface area contributed by atoms with Gasteiger partial charge in [0.1, 0.15) is 0 Å². The summed E-state index contributed by atoms with van der Waals surface area (Å²) in [6.45, 7) is 3.02. The first-order chi connectivity index (χ1) is 12.3. The van der Waals surface area contributed by atoms with Gasteiger partial charge in [0.25, 0.3) is 0 Å². The van der Waals surface area contributed by atoms with Crippen LogP contribution in [0.1, 0.15) is 43.7 Å². The maximum Gasteiger partial charge on any atom is 0.0508 e. The van der Waals surface area contributed by atoms with E-state index in [0.29, 0.717) is 0 Å². The van der Waals surface area contributed by atoms with Gasteiger partial charge in [-0.3, -0.25) is 0 Å². The summed E-state index contributed by atoms with van der Waals surface area (Å²) >= 11 is 2.44. The fourth-order valence-electron chi connectivity index (χ4n) is 3.51. The summed E-state index contributed by atoms with van der Waals surface area (Å²) in [5, 5.41) is 1.39. The van der Waals surface area contributed by atoms with Crippen LogP contribution in [0, 0.1) is 3.57 Å². The van der Waals surface area contributed by atoms with Crippen molar-refractivity contribution >= 4 is 33.5 Å². The van der Waals surface area contributed by atoms with E-state index in [1.54, 1.807) is 0 Å². The number of fused-ring (bicyclic) bond motifs is 1. The number of benzene rings is 2. The van der Waals surface area contributed by atoms with Gasteiger partial charge in [-0.2, -0.15) is 0 Å². The van der Waals surface area contributed by atoms with Crippen molar-refractivity contribution in [3.05, 3.63) is 57.2 Å². The molecule has 0 unspecified atom stereocenters. The Morgan fingerprint density at radius 1 is 0.960 bits per heavy atom. The van der Waals surface area contributed by atoms with Crippen LogP contribution in [0.15, 0.2) is 42.5 Å². The second-order valence-corrected chi connectivity index (χ2v) is 7.81. The largest absolute Gasteiger partial charge is 0.354 e. The third kappa shape index (κ3) is 4.09. The fourth-order valence-corrected chi connectivity index (χ4v) is 4.17. The highest BCUT2D eigenvalue weighted by Gasteiger charge is 2.16. The molecule has 0 saturated heterocycles. The molecule has 0 amide bonds. The number of rotatable bonds is 8. The van der Waals surface area contributed by atoms with Gasteiger partial charge in [-0.05, 0) is 78.4 Å². The van der Waals surface area contributed by atoms with Crippen molar-refractivity contribution in [2.24, 2.45) is 5.73 Å². The summed E-state index contributed by atoms with van der Waals surface area (Å²) in [5.74, 6) is 0. The summed E-state index contributed by atoms with van der Waals surface area (Å²) in [5.41, 5.74) is 12.5. The fraction of sp³-hybridized carbons (Fsp3) is 0.364. The number of unbranched alkanes of at least 4 members (excludes halogenated alkanes) is 2. The van der Waals surface area contributed by atoms with E-state index in [-0.39, 0.29) is 0 Å². The molecule has 3 aromatic rings. The topological polar surface area (TPSA) is 41.8 Å². The van der Waals surface area contributed by atoms with Crippen molar-refractivity contribution in [2.45, 2.75) is 45.4 Å². The second kappa shape index (κ2) is 8.86. The van der Waals surface area contributed by atoms with Crippen LogP contribution in [0.4, 0.5) is 0 Å². The van der Waals surface area contributed by atoms with Crippen LogP contribution in [-0.4, -0.2) is 11.5 Å². The van der Waals surface area contributed by atoms with Gasteiger partial charge in [-0.25, -0.2) is 0 Å². The van der Waals surface area contributed by atoms with E-state index in [9.17, 15) is 0 Å². The number of aryl methyl sites for hydroxylation is 2.